The zero-order valence-electron chi connectivity index (χ0n) is 12.8. The smallest absolute Gasteiger partial charge is 0.0862 e. The number of aromatic nitrogens is 2. The summed E-state index contributed by atoms with van der Waals surface area (Å²) >= 11 is 0. The number of hydrogen-bond donors (Lipinski definition) is 2. The summed E-state index contributed by atoms with van der Waals surface area (Å²) in [6.45, 7) is 12.1. The first-order valence-electron chi connectivity index (χ1n) is 7.28. The number of nitrogens with two attached hydrogens (primary N) is 1. The van der Waals surface area contributed by atoms with Gasteiger partial charge in [0.15, 0.2) is 0 Å². The number of nitrogens with zero attached hydrogens (tertiary/aromatic N) is 4. The Morgan fingerprint density at radius 1 is 1.25 bits per heavy atom. The first-order valence-corrected chi connectivity index (χ1v) is 7.28. The molecule has 6 heteroatoms. The number of piperazine rings is 1. The SMILES string of the molecule is CC(C)(C)N1CCN(CC(O)Cn2cc(N)cn2)CC1. The Kier molecular flexibility index (Phi) is 4.67. The second-order valence-corrected chi connectivity index (χ2v) is 6.61. The molecule has 2 heterocycles. The molecule has 1 saturated heterocycles. The van der Waals surface area contributed by atoms with Crippen molar-refractivity contribution in [2.45, 2.75) is 39.0 Å². The van der Waals surface area contributed by atoms with E-state index in [9.17, 15) is 5.11 Å². The molecule has 0 aliphatic carbocycles. The molecule has 0 radical (unpaired) electrons. The van der Waals surface area contributed by atoms with Gasteiger partial charge in [-0.05, 0) is 20.8 Å². The van der Waals surface area contributed by atoms with Crippen molar-refractivity contribution in [3.63, 3.8) is 0 Å². The van der Waals surface area contributed by atoms with Gasteiger partial charge in [0.05, 0.1) is 24.5 Å². The summed E-state index contributed by atoms with van der Waals surface area (Å²) in [5.41, 5.74) is 6.48. The fourth-order valence-electron chi connectivity index (χ4n) is 2.65. The highest BCUT2D eigenvalue weighted by molar-refractivity contribution is 5.30. The molecule has 1 fully saturated rings. The maximum Gasteiger partial charge on any atom is 0.0862 e. The van der Waals surface area contributed by atoms with Crippen LogP contribution in [0.3, 0.4) is 0 Å². The van der Waals surface area contributed by atoms with Gasteiger partial charge in [-0.2, -0.15) is 5.10 Å². The van der Waals surface area contributed by atoms with Crippen LogP contribution in [0.25, 0.3) is 0 Å². The predicted molar refractivity (Wildman–Crippen MR) is 80.4 cm³/mol. The molecule has 0 saturated carbocycles. The molecule has 1 atom stereocenters. The number of aliphatic hydroxyl groups is 1. The van der Waals surface area contributed by atoms with Gasteiger partial charge in [-0.1, -0.05) is 0 Å². The van der Waals surface area contributed by atoms with E-state index in [4.69, 9.17) is 5.73 Å². The van der Waals surface area contributed by atoms with Crippen LogP contribution in [-0.2, 0) is 6.54 Å². The lowest BCUT2D eigenvalue weighted by Gasteiger charge is -2.42. The third kappa shape index (κ3) is 4.19. The summed E-state index contributed by atoms with van der Waals surface area (Å²) in [6, 6.07) is 0. The van der Waals surface area contributed by atoms with Crippen molar-refractivity contribution < 1.29 is 5.11 Å². The Labute approximate surface area is 121 Å². The number of rotatable bonds is 4. The van der Waals surface area contributed by atoms with Gasteiger partial charge in [0, 0.05) is 44.5 Å². The average molecular weight is 281 g/mol. The topological polar surface area (TPSA) is 70.5 Å². The van der Waals surface area contributed by atoms with E-state index < -0.39 is 6.10 Å². The van der Waals surface area contributed by atoms with Gasteiger partial charge < -0.3 is 10.8 Å². The molecule has 1 aromatic rings. The summed E-state index contributed by atoms with van der Waals surface area (Å²) in [5.74, 6) is 0. The molecule has 2 rings (SSSR count). The molecule has 114 valence electrons. The van der Waals surface area contributed by atoms with Gasteiger partial charge >= 0.3 is 0 Å². The van der Waals surface area contributed by atoms with Crippen LogP contribution in [0.1, 0.15) is 20.8 Å². The quantitative estimate of drug-likeness (QED) is 0.827. The van der Waals surface area contributed by atoms with Gasteiger partial charge in [-0.15, -0.1) is 0 Å². The Morgan fingerprint density at radius 2 is 1.90 bits per heavy atom. The first-order chi connectivity index (χ1) is 9.34. The summed E-state index contributed by atoms with van der Waals surface area (Å²) in [7, 11) is 0. The van der Waals surface area contributed by atoms with E-state index in [0.29, 0.717) is 18.8 Å². The number of hydrogen-bond acceptors (Lipinski definition) is 5. The van der Waals surface area contributed by atoms with Gasteiger partial charge in [-0.3, -0.25) is 14.5 Å². The highest BCUT2D eigenvalue weighted by Crippen LogP contribution is 2.15. The molecular weight excluding hydrogens is 254 g/mol. The minimum Gasteiger partial charge on any atom is -0.396 e. The standard InChI is InChI=1S/C14H27N5O/c1-14(2,3)18-6-4-17(5-7-18)10-13(20)11-19-9-12(15)8-16-19/h8-9,13,20H,4-7,10-11,15H2,1-3H3. The molecule has 1 unspecified atom stereocenters. The largest absolute Gasteiger partial charge is 0.396 e. The van der Waals surface area contributed by atoms with Crippen LogP contribution in [0, 0.1) is 0 Å². The van der Waals surface area contributed by atoms with Crippen LogP contribution in [-0.4, -0.2) is 69.1 Å². The number of anilines is 1. The van der Waals surface area contributed by atoms with E-state index in [2.05, 4.69) is 35.7 Å². The number of β-amino-alcohol motifs (C(OH)–C–C–N with tert-alkyl or cyclic N) is 1. The maximum absolute atomic E-state index is 10.1. The molecule has 0 amide bonds. The van der Waals surface area contributed by atoms with Crippen molar-refractivity contribution in [3.8, 4) is 0 Å². The van der Waals surface area contributed by atoms with Crippen molar-refractivity contribution >= 4 is 5.69 Å². The van der Waals surface area contributed by atoms with Gasteiger partial charge in [0.2, 0.25) is 0 Å². The Morgan fingerprint density at radius 3 is 2.40 bits per heavy atom. The van der Waals surface area contributed by atoms with E-state index in [-0.39, 0.29) is 5.54 Å². The van der Waals surface area contributed by atoms with E-state index in [1.165, 1.54) is 0 Å². The van der Waals surface area contributed by atoms with Crippen LogP contribution in [0.2, 0.25) is 0 Å². The molecule has 1 aliphatic heterocycles. The Hall–Kier alpha value is -1.11. The fraction of sp³-hybridized carbons (Fsp3) is 0.786. The first kappa shape index (κ1) is 15.3. The van der Waals surface area contributed by atoms with E-state index in [1.54, 1.807) is 17.1 Å². The van der Waals surface area contributed by atoms with Gasteiger partial charge in [0.25, 0.3) is 0 Å². The third-order valence-electron chi connectivity index (χ3n) is 3.84. The van der Waals surface area contributed by atoms with Crippen LogP contribution in [0.5, 0.6) is 0 Å². The van der Waals surface area contributed by atoms with Crippen LogP contribution in [0.15, 0.2) is 12.4 Å². The van der Waals surface area contributed by atoms with E-state index in [1.807, 2.05) is 0 Å². The second kappa shape index (κ2) is 6.11. The monoisotopic (exact) mass is 281 g/mol. The molecule has 3 N–H and O–H groups in total. The lowest BCUT2D eigenvalue weighted by Crippen LogP contribution is -2.54. The third-order valence-corrected chi connectivity index (χ3v) is 3.84. The van der Waals surface area contributed by atoms with E-state index >= 15 is 0 Å². The lowest BCUT2D eigenvalue weighted by atomic mass is 10.0. The molecule has 20 heavy (non-hydrogen) atoms. The van der Waals surface area contributed by atoms with Crippen LogP contribution < -0.4 is 5.73 Å². The summed E-state index contributed by atoms with van der Waals surface area (Å²) in [4.78, 5) is 4.81. The molecule has 1 aromatic heterocycles. The minimum absolute atomic E-state index is 0.233. The van der Waals surface area contributed by atoms with Crippen molar-refractivity contribution in [3.05, 3.63) is 12.4 Å². The summed E-state index contributed by atoms with van der Waals surface area (Å²) in [5, 5.41) is 14.2. The zero-order chi connectivity index (χ0) is 14.8. The molecule has 0 aromatic carbocycles. The maximum atomic E-state index is 10.1. The average Bonchev–Trinajstić information content (AvgIpc) is 2.74. The highest BCUT2D eigenvalue weighted by Gasteiger charge is 2.26. The number of aliphatic hydroxyl groups excluding tert-OH is 1. The van der Waals surface area contributed by atoms with Crippen molar-refractivity contribution in [2.75, 3.05) is 38.5 Å². The normalized spacial score (nSPS) is 20.2. The second-order valence-electron chi connectivity index (χ2n) is 6.61. The predicted octanol–water partition coefficient (Wildman–Crippen LogP) is 0.242. The van der Waals surface area contributed by atoms with Gasteiger partial charge in [-0.25, -0.2) is 0 Å². The zero-order valence-corrected chi connectivity index (χ0v) is 12.8. The summed E-state index contributed by atoms with van der Waals surface area (Å²) < 4.78 is 1.70. The Bertz CT molecular complexity index is 417. The molecule has 1 aliphatic rings. The molecular formula is C14H27N5O. The fourth-order valence-corrected chi connectivity index (χ4v) is 2.65. The Balaban J connectivity index is 1.75. The summed E-state index contributed by atoms with van der Waals surface area (Å²) in [6.07, 6.45) is 2.95. The molecule has 0 spiro atoms. The van der Waals surface area contributed by atoms with Crippen molar-refractivity contribution in [1.82, 2.24) is 19.6 Å². The number of nitrogen functional groups attached to an aromatic ring is 1. The lowest BCUT2D eigenvalue weighted by molar-refractivity contribution is 0.0316. The molecule has 6 nitrogen and oxygen atoms in total. The van der Waals surface area contributed by atoms with E-state index in [0.717, 1.165) is 26.2 Å². The van der Waals surface area contributed by atoms with Crippen LogP contribution >= 0.6 is 0 Å². The van der Waals surface area contributed by atoms with Gasteiger partial charge in [0.1, 0.15) is 0 Å². The van der Waals surface area contributed by atoms with Crippen molar-refractivity contribution in [2.24, 2.45) is 0 Å². The van der Waals surface area contributed by atoms with Crippen molar-refractivity contribution in [1.29, 1.82) is 0 Å². The highest BCUT2D eigenvalue weighted by atomic mass is 16.3. The molecule has 0 bridgehead atoms. The minimum atomic E-state index is -0.407. The van der Waals surface area contributed by atoms with Crippen LogP contribution in [0.4, 0.5) is 5.69 Å².